The number of amides is 1. The van der Waals surface area contributed by atoms with E-state index in [2.05, 4.69) is 28.1 Å². The van der Waals surface area contributed by atoms with Crippen LogP contribution < -0.4 is 10.6 Å². The number of aromatic nitrogens is 1. The molecular weight excluding hydrogens is 418 g/mol. The molecule has 0 bridgehead atoms. The molecule has 1 heterocycles. The molecule has 0 atom stereocenters. The van der Waals surface area contributed by atoms with E-state index in [1.165, 1.54) is 0 Å². The van der Waals surface area contributed by atoms with Crippen LogP contribution >= 0.6 is 11.6 Å². The number of nitrogens with zero attached hydrogens (tertiary/aromatic N) is 1. The summed E-state index contributed by atoms with van der Waals surface area (Å²) in [5.74, 6) is 2.73. The number of nitrogens with one attached hydrogen (secondary N) is 2. The van der Waals surface area contributed by atoms with Crippen molar-refractivity contribution < 1.29 is 4.79 Å². The Bertz CT molecular complexity index is 1180. The molecule has 0 radical (unpaired) electrons. The quantitative estimate of drug-likeness (QED) is 0.278. The molecule has 0 saturated carbocycles. The van der Waals surface area contributed by atoms with Gasteiger partial charge in [-0.05, 0) is 61.2 Å². The van der Waals surface area contributed by atoms with E-state index in [0.29, 0.717) is 23.1 Å². The minimum Gasteiger partial charge on any atom is -0.347 e. The minimum atomic E-state index is -0.332. The van der Waals surface area contributed by atoms with Crippen molar-refractivity contribution in [3.63, 3.8) is 0 Å². The van der Waals surface area contributed by atoms with Gasteiger partial charge < -0.3 is 10.6 Å². The fourth-order valence-electron chi connectivity index (χ4n) is 2.73. The molecule has 5 heteroatoms. The first-order valence-electron chi connectivity index (χ1n) is 10.1. The Hall–Kier alpha value is -3.81. The molecule has 1 amide bonds. The second-order valence-corrected chi connectivity index (χ2v) is 7.07. The molecular formula is C27H26ClN3O. The summed E-state index contributed by atoms with van der Waals surface area (Å²) in [6.07, 6.45) is 21.8. The van der Waals surface area contributed by atoms with Crippen LogP contribution in [-0.2, 0) is 4.79 Å². The van der Waals surface area contributed by atoms with Crippen molar-refractivity contribution in [1.82, 2.24) is 10.3 Å². The highest BCUT2D eigenvalue weighted by atomic mass is 35.5. The van der Waals surface area contributed by atoms with Gasteiger partial charge >= 0.3 is 0 Å². The van der Waals surface area contributed by atoms with Crippen molar-refractivity contribution in [2.24, 2.45) is 0 Å². The number of anilines is 1. The number of halogens is 1. The topological polar surface area (TPSA) is 54.0 Å². The number of carbonyl (C=O) groups is 1. The Balaban J connectivity index is 2.17. The fraction of sp³-hybridized carbons (Fsp3) is 0.111. The molecule has 4 nitrogen and oxygen atoms in total. The monoisotopic (exact) mass is 443 g/mol. The third kappa shape index (κ3) is 7.16. The molecule has 0 aliphatic heterocycles. The summed E-state index contributed by atoms with van der Waals surface area (Å²) in [7, 11) is 0. The number of carbonyl (C=O) groups excluding carboxylic acids is 1. The normalized spacial score (nSPS) is 12.9. The molecule has 162 valence electrons. The molecule has 0 spiro atoms. The van der Waals surface area contributed by atoms with Crippen molar-refractivity contribution in [2.45, 2.75) is 13.8 Å². The van der Waals surface area contributed by atoms with Crippen LogP contribution in [0.4, 0.5) is 5.82 Å². The maximum absolute atomic E-state index is 12.5. The Morgan fingerprint density at radius 1 is 1.25 bits per heavy atom. The molecule has 2 aromatic rings. The summed E-state index contributed by atoms with van der Waals surface area (Å²) < 4.78 is 0. The van der Waals surface area contributed by atoms with Crippen LogP contribution in [0, 0.1) is 12.3 Å². The van der Waals surface area contributed by atoms with Gasteiger partial charge in [0, 0.05) is 28.8 Å². The maximum atomic E-state index is 12.5. The van der Waals surface area contributed by atoms with Crippen molar-refractivity contribution in [3.05, 3.63) is 108 Å². The van der Waals surface area contributed by atoms with Crippen LogP contribution in [0.15, 0.2) is 102 Å². The minimum absolute atomic E-state index is 0.202. The Kier molecular flexibility index (Phi) is 9.77. The van der Waals surface area contributed by atoms with Gasteiger partial charge in [-0.1, -0.05) is 60.5 Å². The number of benzene rings is 1. The molecule has 0 saturated heterocycles. The highest BCUT2D eigenvalue weighted by molar-refractivity contribution is 6.31. The van der Waals surface area contributed by atoms with Crippen LogP contribution in [0.3, 0.4) is 0 Å². The van der Waals surface area contributed by atoms with Gasteiger partial charge in [-0.3, -0.25) is 4.79 Å². The zero-order valence-electron chi connectivity index (χ0n) is 18.2. The summed E-state index contributed by atoms with van der Waals surface area (Å²) in [6.45, 7) is 8.05. The maximum Gasteiger partial charge on any atom is 0.260 e. The number of rotatable bonds is 9. The third-order valence-electron chi connectivity index (χ3n) is 4.48. The Labute approximate surface area is 194 Å². The van der Waals surface area contributed by atoms with E-state index in [-0.39, 0.29) is 11.5 Å². The molecule has 2 rings (SSSR count). The largest absolute Gasteiger partial charge is 0.347 e. The lowest BCUT2D eigenvalue weighted by molar-refractivity contribution is -0.116. The summed E-state index contributed by atoms with van der Waals surface area (Å²) in [5, 5.41) is 8.53. The third-order valence-corrected chi connectivity index (χ3v) is 4.71. The van der Waals surface area contributed by atoms with Crippen LogP contribution in [0.5, 0.6) is 0 Å². The van der Waals surface area contributed by atoms with Gasteiger partial charge in [-0.15, -0.1) is 6.42 Å². The highest BCUT2D eigenvalue weighted by Crippen LogP contribution is 2.25. The second kappa shape index (κ2) is 12.8. The summed E-state index contributed by atoms with van der Waals surface area (Å²) in [5.41, 5.74) is 1.81. The molecule has 32 heavy (non-hydrogen) atoms. The van der Waals surface area contributed by atoms with Gasteiger partial charge in [0.2, 0.25) is 0 Å². The first-order valence-corrected chi connectivity index (χ1v) is 10.4. The zero-order chi connectivity index (χ0) is 23.3. The summed E-state index contributed by atoms with van der Waals surface area (Å²) in [4.78, 5) is 16.9. The average Bonchev–Trinajstić information content (AvgIpc) is 2.81. The van der Waals surface area contributed by atoms with Gasteiger partial charge in [0.05, 0.1) is 5.57 Å². The Morgan fingerprint density at radius 3 is 2.75 bits per heavy atom. The molecule has 0 aliphatic carbocycles. The molecule has 0 unspecified atom stereocenters. The van der Waals surface area contributed by atoms with E-state index < -0.39 is 0 Å². The van der Waals surface area contributed by atoms with E-state index in [4.69, 9.17) is 18.0 Å². The lowest BCUT2D eigenvalue weighted by atomic mass is 10.1. The first kappa shape index (κ1) is 24.5. The molecule has 1 aromatic carbocycles. The summed E-state index contributed by atoms with van der Waals surface area (Å²) >= 11 is 6.14. The van der Waals surface area contributed by atoms with Gasteiger partial charge in [-0.25, -0.2) is 4.98 Å². The predicted molar refractivity (Wildman–Crippen MR) is 136 cm³/mol. The predicted octanol–water partition coefficient (Wildman–Crippen LogP) is 6.12. The van der Waals surface area contributed by atoms with Crippen molar-refractivity contribution >= 4 is 34.1 Å². The number of hydrogen-bond acceptors (Lipinski definition) is 3. The van der Waals surface area contributed by atoms with Crippen LogP contribution in [0.25, 0.3) is 10.8 Å². The standard InChI is InChI=1S/C27H26ClN3O/c1-5-9-10-11-20(6-2)19-30-27(32)21(7-3)13-15-24(8-4)31-26-25-18-23(28)14-12-22(25)16-17-29-26/h3,5-6,8-18H,4,19H2,1-2H3,(H,29,31)(H,30,32)/b9-5-,11-10-,20-6+,21-13+,24-15+. The zero-order valence-corrected chi connectivity index (χ0v) is 19.0. The highest BCUT2D eigenvalue weighted by Gasteiger charge is 2.07. The number of hydrogen-bond donors (Lipinski definition) is 2. The number of fused-ring (bicyclic) bond motifs is 1. The van der Waals surface area contributed by atoms with Crippen LogP contribution in [-0.4, -0.2) is 17.4 Å². The molecule has 2 N–H and O–H groups in total. The van der Waals surface area contributed by atoms with E-state index in [1.54, 1.807) is 24.4 Å². The van der Waals surface area contributed by atoms with Gasteiger partial charge in [0.25, 0.3) is 5.91 Å². The van der Waals surface area contributed by atoms with Crippen molar-refractivity contribution in [1.29, 1.82) is 0 Å². The van der Waals surface area contributed by atoms with E-state index in [9.17, 15) is 4.79 Å². The molecule has 1 aromatic heterocycles. The smallest absolute Gasteiger partial charge is 0.260 e. The lowest BCUT2D eigenvalue weighted by Gasteiger charge is -2.09. The van der Waals surface area contributed by atoms with Gasteiger partial charge in [0.15, 0.2) is 0 Å². The lowest BCUT2D eigenvalue weighted by Crippen LogP contribution is -2.26. The first-order chi connectivity index (χ1) is 15.5. The fourth-order valence-corrected chi connectivity index (χ4v) is 2.90. The van der Waals surface area contributed by atoms with Gasteiger partial charge in [-0.2, -0.15) is 0 Å². The van der Waals surface area contributed by atoms with E-state index >= 15 is 0 Å². The number of pyridine rings is 1. The number of allylic oxidation sites excluding steroid dienone is 7. The number of terminal acetylenes is 1. The average molecular weight is 444 g/mol. The molecule has 0 aliphatic rings. The van der Waals surface area contributed by atoms with E-state index in [0.717, 1.165) is 16.3 Å². The SMILES string of the molecule is C#C/C(=C\C=C(/C=C)Nc1nccc2ccc(Cl)cc12)C(=O)NCC(/C=C\C=C/C)=C/C. The van der Waals surface area contributed by atoms with Crippen LogP contribution in [0.2, 0.25) is 5.02 Å². The summed E-state index contributed by atoms with van der Waals surface area (Å²) in [6, 6.07) is 7.50. The van der Waals surface area contributed by atoms with Crippen LogP contribution in [0.1, 0.15) is 13.8 Å². The second-order valence-electron chi connectivity index (χ2n) is 6.63. The molecule has 0 fully saturated rings. The van der Waals surface area contributed by atoms with Gasteiger partial charge in [0.1, 0.15) is 5.82 Å². The van der Waals surface area contributed by atoms with Crippen molar-refractivity contribution in [2.75, 3.05) is 11.9 Å². The van der Waals surface area contributed by atoms with E-state index in [1.807, 2.05) is 68.5 Å². The Morgan fingerprint density at radius 2 is 2.06 bits per heavy atom. The van der Waals surface area contributed by atoms with Crippen molar-refractivity contribution in [3.8, 4) is 12.3 Å².